The van der Waals surface area contributed by atoms with Crippen molar-refractivity contribution in [2.45, 2.75) is 39.0 Å². The molecule has 4 nitrogen and oxygen atoms in total. The lowest BCUT2D eigenvalue weighted by Crippen LogP contribution is -2.41. The number of ether oxygens (including phenoxy) is 1. The first-order chi connectivity index (χ1) is 11.7. The number of benzene rings is 1. The number of nitrogens with one attached hydrogen (secondary N) is 1. The van der Waals surface area contributed by atoms with Gasteiger partial charge in [0, 0.05) is 49.5 Å². The van der Waals surface area contributed by atoms with Crippen molar-refractivity contribution in [3.05, 3.63) is 29.3 Å². The van der Waals surface area contributed by atoms with E-state index >= 15 is 0 Å². The van der Waals surface area contributed by atoms with Crippen LogP contribution >= 0.6 is 11.6 Å². The number of anilines is 1. The molecule has 0 bridgehead atoms. The van der Waals surface area contributed by atoms with Crippen LogP contribution in [0.5, 0.6) is 0 Å². The van der Waals surface area contributed by atoms with Gasteiger partial charge in [0.15, 0.2) is 0 Å². The zero-order valence-electron chi connectivity index (χ0n) is 14.6. The summed E-state index contributed by atoms with van der Waals surface area (Å²) in [5, 5.41) is 3.81. The van der Waals surface area contributed by atoms with Crippen LogP contribution in [-0.4, -0.2) is 38.8 Å². The largest absolute Gasteiger partial charge is 0.381 e. The smallest absolute Gasteiger partial charge is 0.223 e. The third-order valence-corrected chi connectivity index (χ3v) is 4.68. The summed E-state index contributed by atoms with van der Waals surface area (Å²) in [5.41, 5.74) is 1.14. The Morgan fingerprint density at radius 2 is 2.04 bits per heavy atom. The van der Waals surface area contributed by atoms with Gasteiger partial charge in [-0.25, -0.2) is 0 Å². The lowest BCUT2D eigenvalue weighted by atomic mass is 9.95. The van der Waals surface area contributed by atoms with Crippen LogP contribution in [-0.2, 0) is 9.53 Å². The van der Waals surface area contributed by atoms with Gasteiger partial charge in [-0.1, -0.05) is 31.0 Å². The van der Waals surface area contributed by atoms with E-state index in [-0.39, 0.29) is 11.8 Å². The Hall–Kier alpha value is -1.26. The van der Waals surface area contributed by atoms with E-state index < -0.39 is 0 Å². The van der Waals surface area contributed by atoms with E-state index in [0.29, 0.717) is 6.54 Å². The SMILES string of the molecule is CCCCOCCCNC(=O)C1CCN(c2cccc(Cl)c2)CC1. The second-order valence-corrected chi connectivity index (χ2v) is 6.79. The average molecular weight is 353 g/mol. The Labute approximate surface area is 150 Å². The maximum absolute atomic E-state index is 12.2. The Balaban J connectivity index is 1.62. The van der Waals surface area contributed by atoms with E-state index in [0.717, 1.165) is 69.1 Å². The molecular weight excluding hydrogens is 324 g/mol. The minimum atomic E-state index is 0.126. The van der Waals surface area contributed by atoms with Gasteiger partial charge in [0.2, 0.25) is 5.91 Å². The van der Waals surface area contributed by atoms with Crippen LogP contribution in [0.15, 0.2) is 24.3 Å². The molecule has 2 rings (SSSR count). The molecule has 1 heterocycles. The molecular formula is C19H29ClN2O2. The zero-order valence-corrected chi connectivity index (χ0v) is 15.4. The molecule has 24 heavy (non-hydrogen) atoms. The lowest BCUT2D eigenvalue weighted by molar-refractivity contribution is -0.125. The molecule has 1 fully saturated rings. The van der Waals surface area contributed by atoms with E-state index in [2.05, 4.69) is 23.2 Å². The summed E-state index contributed by atoms with van der Waals surface area (Å²) in [6, 6.07) is 7.92. The minimum Gasteiger partial charge on any atom is -0.381 e. The van der Waals surface area contributed by atoms with Gasteiger partial charge in [-0.15, -0.1) is 0 Å². The Morgan fingerprint density at radius 3 is 2.75 bits per heavy atom. The van der Waals surface area contributed by atoms with E-state index in [1.165, 1.54) is 0 Å². The quantitative estimate of drug-likeness (QED) is 0.686. The van der Waals surface area contributed by atoms with Crippen LogP contribution in [0.25, 0.3) is 0 Å². The fourth-order valence-electron chi connectivity index (χ4n) is 2.95. The molecule has 0 aliphatic carbocycles. The molecule has 1 saturated heterocycles. The van der Waals surface area contributed by atoms with Crippen molar-refractivity contribution >= 4 is 23.2 Å². The fraction of sp³-hybridized carbons (Fsp3) is 0.632. The van der Waals surface area contributed by atoms with Crippen LogP contribution in [0.3, 0.4) is 0 Å². The van der Waals surface area contributed by atoms with Crippen LogP contribution in [0.1, 0.15) is 39.0 Å². The summed E-state index contributed by atoms with van der Waals surface area (Å²) in [4.78, 5) is 14.5. The molecule has 134 valence electrons. The molecule has 1 aromatic carbocycles. The first-order valence-electron chi connectivity index (χ1n) is 9.06. The first-order valence-corrected chi connectivity index (χ1v) is 9.44. The van der Waals surface area contributed by atoms with Crippen LogP contribution in [0.2, 0.25) is 5.02 Å². The standard InChI is InChI=1S/C19H29ClN2O2/c1-2-3-13-24-14-5-10-21-19(23)16-8-11-22(12-9-16)18-7-4-6-17(20)15-18/h4,6-7,15-16H,2-3,5,8-14H2,1H3,(H,21,23). The molecule has 1 aromatic rings. The highest BCUT2D eigenvalue weighted by molar-refractivity contribution is 6.30. The van der Waals surface area contributed by atoms with Crippen molar-refractivity contribution in [2.75, 3.05) is 37.7 Å². The van der Waals surface area contributed by atoms with Gasteiger partial charge < -0.3 is 15.0 Å². The lowest BCUT2D eigenvalue weighted by Gasteiger charge is -2.33. The van der Waals surface area contributed by atoms with E-state index in [1.807, 2.05) is 18.2 Å². The summed E-state index contributed by atoms with van der Waals surface area (Å²) in [5.74, 6) is 0.316. The number of amides is 1. The fourth-order valence-corrected chi connectivity index (χ4v) is 3.14. The number of unbranched alkanes of at least 4 members (excludes halogenated alkanes) is 1. The zero-order chi connectivity index (χ0) is 17.2. The number of carbonyl (C=O) groups excluding carboxylic acids is 1. The second kappa shape index (κ2) is 10.6. The van der Waals surface area contributed by atoms with E-state index in [9.17, 15) is 4.79 Å². The Morgan fingerprint density at radius 1 is 1.29 bits per heavy atom. The Bertz CT molecular complexity index is 502. The van der Waals surface area contributed by atoms with Crippen molar-refractivity contribution in [3.63, 3.8) is 0 Å². The van der Waals surface area contributed by atoms with Crippen molar-refractivity contribution in [1.29, 1.82) is 0 Å². The third-order valence-electron chi connectivity index (χ3n) is 4.45. The van der Waals surface area contributed by atoms with Crippen LogP contribution in [0.4, 0.5) is 5.69 Å². The highest BCUT2D eigenvalue weighted by atomic mass is 35.5. The van der Waals surface area contributed by atoms with E-state index in [4.69, 9.17) is 16.3 Å². The summed E-state index contributed by atoms with van der Waals surface area (Å²) >= 11 is 6.05. The summed E-state index contributed by atoms with van der Waals surface area (Å²) in [6.07, 6.45) is 4.94. The van der Waals surface area contributed by atoms with Gasteiger partial charge in [-0.3, -0.25) is 4.79 Å². The molecule has 0 saturated carbocycles. The first kappa shape index (κ1) is 19.1. The maximum atomic E-state index is 12.2. The van der Waals surface area contributed by atoms with Crippen molar-refractivity contribution in [1.82, 2.24) is 5.32 Å². The van der Waals surface area contributed by atoms with Gasteiger partial charge in [-0.05, 0) is 43.9 Å². The highest BCUT2D eigenvalue weighted by Crippen LogP contribution is 2.25. The van der Waals surface area contributed by atoms with Crippen molar-refractivity contribution < 1.29 is 9.53 Å². The van der Waals surface area contributed by atoms with Gasteiger partial charge >= 0.3 is 0 Å². The van der Waals surface area contributed by atoms with Gasteiger partial charge in [0.25, 0.3) is 0 Å². The monoisotopic (exact) mass is 352 g/mol. The number of hydrogen-bond acceptors (Lipinski definition) is 3. The number of carbonyl (C=O) groups is 1. The number of hydrogen-bond donors (Lipinski definition) is 1. The molecule has 0 aromatic heterocycles. The number of nitrogens with zero attached hydrogens (tertiary/aromatic N) is 1. The summed E-state index contributed by atoms with van der Waals surface area (Å²) in [7, 11) is 0. The predicted molar refractivity (Wildman–Crippen MR) is 99.7 cm³/mol. The van der Waals surface area contributed by atoms with Crippen molar-refractivity contribution in [2.24, 2.45) is 5.92 Å². The molecule has 1 aliphatic rings. The van der Waals surface area contributed by atoms with Gasteiger partial charge in [0.05, 0.1) is 0 Å². The number of piperidine rings is 1. The Kier molecular flexibility index (Phi) is 8.40. The van der Waals surface area contributed by atoms with Crippen LogP contribution < -0.4 is 10.2 Å². The van der Waals surface area contributed by atoms with Gasteiger partial charge in [0.1, 0.15) is 0 Å². The van der Waals surface area contributed by atoms with Gasteiger partial charge in [-0.2, -0.15) is 0 Å². The molecule has 5 heteroatoms. The molecule has 1 aliphatic heterocycles. The summed E-state index contributed by atoms with van der Waals surface area (Å²) in [6.45, 7) is 6.22. The highest BCUT2D eigenvalue weighted by Gasteiger charge is 2.24. The summed E-state index contributed by atoms with van der Waals surface area (Å²) < 4.78 is 5.51. The number of rotatable bonds is 9. The topological polar surface area (TPSA) is 41.6 Å². The molecule has 0 spiro atoms. The second-order valence-electron chi connectivity index (χ2n) is 6.35. The van der Waals surface area contributed by atoms with Crippen LogP contribution in [0, 0.1) is 5.92 Å². The molecule has 0 unspecified atom stereocenters. The molecule has 1 N–H and O–H groups in total. The molecule has 0 atom stereocenters. The maximum Gasteiger partial charge on any atom is 0.223 e. The number of halogens is 1. The van der Waals surface area contributed by atoms with Crippen molar-refractivity contribution in [3.8, 4) is 0 Å². The third kappa shape index (κ3) is 6.33. The normalized spacial score (nSPS) is 15.5. The average Bonchev–Trinajstić information content (AvgIpc) is 2.61. The molecule has 0 radical (unpaired) electrons. The minimum absolute atomic E-state index is 0.126. The predicted octanol–water partition coefficient (Wildman–Crippen LogP) is 3.88. The van der Waals surface area contributed by atoms with E-state index in [1.54, 1.807) is 0 Å². The molecule has 1 amide bonds.